The van der Waals surface area contributed by atoms with Crippen LogP contribution in [0.1, 0.15) is 6.93 Å². The first-order valence-electron chi connectivity index (χ1n) is 4.58. The van der Waals surface area contributed by atoms with Crippen LogP contribution in [0.5, 0.6) is 5.75 Å². The standard InChI is InChI=1S/C11H12O3/c1-13-10-6-3-9(4-7-10)5-8-11(12)14-2/h3-8H,1-2H3/b8-5+/i8D. The number of carbonyl (C=O) groups is 1. The van der Waals surface area contributed by atoms with E-state index < -0.39 is 5.97 Å². The van der Waals surface area contributed by atoms with E-state index in [1.807, 2.05) is 0 Å². The van der Waals surface area contributed by atoms with E-state index in [4.69, 9.17) is 6.11 Å². The van der Waals surface area contributed by atoms with E-state index in [9.17, 15) is 4.79 Å². The summed E-state index contributed by atoms with van der Waals surface area (Å²) in [7, 11) is 2.83. The van der Waals surface area contributed by atoms with Crippen molar-refractivity contribution in [3.63, 3.8) is 0 Å². The average molecular weight is 193 g/mol. The van der Waals surface area contributed by atoms with Crippen LogP contribution in [0.25, 0.3) is 6.08 Å². The van der Waals surface area contributed by atoms with Gasteiger partial charge in [0.25, 0.3) is 0 Å². The number of ether oxygens (including phenoxy) is 2. The molecule has 0 aliphatic carbocycles. The summed E-state index contributed by atoms with van der Waals surface area (Å²) in [6, 6.07) is 6.86. The molecule has 0 spiro atoms. The van der Waals surface area contributed by atoms with Crippen LogP contribution in [0.2, 0.25) is 0 Å². The van der Waals surface area contributed by atoms with Gasteiger partial charge in [-0.15, -0.1) is 0 Å². The molecule has 0 aliphatic rings. The van der Waals surface area contributed by atoms with Gasteiger partial charge in [0.05, 0.1) is 15.6 Å². The molecule has 1 rings (SSSR count). The maximum Gasteiger partial charge on any atom is 0.330 e. The Labute approximate surface area is 84.4 Å². The number of carbonyl (C=O) groups excluding carboxylic acids is 1. The van der Waals surface area contributed by atoms with Gasteiger partial charge in [0, 0.05) is 6.05 Å². The first-order chi connectivity index (χ1) is 7.17. The summed E-state index contributed by atoms with van der Waals surface area (Å²) < 4.78 is 16.8. The van der Waals surface area contributed by atoms with Crippen molar-refractivity contribution in [1.29, 1.82) is 0 Å². The second kappa shape index (κ2) is 5.07. The highest BCUT2D eigenvalue weighted by atomic mass is 16.5. The molecular formula is C11H12O3. The van der Waals surface area contributed by atoms with Crippen molar-refractivity contribution < 1.29 is 15.6 Å². The van der Waals surface area contributed by atoms with Gasteiger partial charge in [0.15, 0.2) is 0 Å². The molecule has 0 fully saturated rings. The van der Waals surface area contributed by atoms with Crippen molar-refractivity contribution in [3.8, 4) is 5.75 Å². The quantitative estimate of drug-likeness (QED) is 0.543. The molecule has 0 saturated heterocycles. The largest absolute Gasteiger partial charge is 0.497 e. The Morgan fingerprint density at radius 1 is 1.36 bits per heavy atom. The molecule has 0 heterocycles. The highest BCUT2D eigenvalue weighted by Gasteiger charge is 1.92. The summed E-state index contributed by atoms with van der Waals surface area (Å²) in [5, 5.41) is 0. The van der Waals surface area contributed by atoms with Crippen molar-refractivity contribution >= 4 is 12.0 Å². The van der Waals surface area contributed by atoms with Crippen LogP contribution < -0.4 is 4.74 Å². The van der Waals surface area contributed by atoms with Gasteiger partial charge in [-0.05, 0) is 23.8 Å². The predicted octanol–water partition coefficient (Wildman–Crippen LogP) is 1.88. The maximum atomic E-state index is 10.9. The van der Waals surface area contributed by atoms with Gasteiger partial charge in [-0.1, -0.05) is 12.1 Å². The van der Waals surface area contributed by atoms with Gasteiger partial charge in [0.2, 0.25) is 0 Å². The van der Waals surface area contributed by atoms with Crippen LogP contribution in [0.4, 0.5) is 0 Å². The summed E-state index contributed by atoms with van der Waals surface area (Å²) >= 11 is 0. The third-order valence-electron chi connectivity index (χ3n) is 1.66. The van der Waals surface area contributed by atoms with E-state index in [2.05, 4.69) is 4.74 Å². The molecule has 0 unspecified atom stereocenters. The van der Waals surface area contributed by atoms with Crippen LogP contribution >= 0.6 is 0 Å². The number of hydrogen-bond donors (Lipinski definition) is 0. The normalized spacial score (nSPS) is 11.9. The second-order valence-corrected chi connectivity index (χ2v) is 2.55. The van der Waals surface area contributed by atoms with E-state index in [1.165, 1.54) is 13.2 Å². The summed E-state index contributed by atoms with van der Waals surface area (Å²) in [5.74, 6) is 0.0857. The lowest BCUT2D eigenvalue weighted by Crippen LogP contribution is -1.93. The third kappa shape index (κ3) is 2.94. The Balaban J connectivity index is 2.84. The fourth-order valence-corrected chi connectivity index (χ4v) is 0.901. The maximum absolute atomic E-state index is 10.9. The van der Waals surface area contributed by atoms with Gasteiger partial charge in [-0.2, -0.15) is 0 Å². The molecule has 3 heteroatoms. The molecule has 0 aliphatic heterocycles. The molecule has 1 aromatic carbocycles. The first kappa shape index (κ1) is 8.81. The minimum atomic E-state index is -0.647. The predicted molar refractivity (Wildman–Crippen MR) is 54.0 cm³/mol. The summed E-state index contributed by atoms with van der Waals surface area (Å²) in [4.78, 5) is 10.9. The minimum absolute atomic E-state index is 0.178. The number of methoxy groups -OCH3 is 2. The SMILES string of the molecule is [2H]/C(=C\c1ccc(OC)cc1)C(=O)OC. The number of esters is 1. The van der Waals surface area contributed by atoms with E-state index in [1.54, 1.807) is 31.4 Å². The van der Waals surface area contributed by atoms with Crippen LogP contribution in [-0.2, 0) is 9.53 Å². The lowest BCUT2D eigenvalue weighted by Gasteiger charge is -1.98. The Morgan fingerprint density at radius 3 is 2.50 bits per heavy atom. The highest BCUT2D eigenvalue weighted by molar-refractivity contribution is 5.86. The van der Waals surface area contributed by atoms with Gasteiger partial charge < -0.3 is 9.47 Å². The zero-order valence-electron chi connectivity index (χ0n) is 9.11. The second-order valence-electron chi connectivity index (χ2n) is 2.55. The molecule has 3 nitrogen and oxygen atoms in total. The molecule has 1 aromatic rings. The molecule has 0 aromatic heterocycles. The first-order valence-corrected chi connectivity index (χ1v) is 4.08. The van der Waals surface area contributed by atoms with E-state index in [0.717, 1.165) is 11.3 Å². The van der Waals surface area contributed by atoms with E-state index in [-0.39, 0.29) is 6.05 Å². The fourth-order valence-electron chi connectivity index (χ4n) is 0.901. The average Bonchev–Trinajstić information content (AvgIpc) is 2.29. The molecular weight excluding hydrogens is 180 g/mol. The Morgan fingerprint density at radius 2 is 2.00 bits per heavy atom. The highest BCUT2D eigenvalue weighted by Crippen LogP contribution is 2.12. The van der Waals surface area contributed by atoms with E-state index >= 15 is 0 Å². The molecule has 0 atom stereocenters. The monoisotopic (exact) mass is 193 g/mol. The molecule has 74 valence electrons. The smallest absolute Gasteiger partial charge is 0.330 e. The van der Waals surface area contributed by atoms with Crippen LogP contribution in [0, 0.1) is 0 Å². The van der Waals surface area contributed by atoms with Gasteiger partial charge in [-0.3, -0.25) is 0 Å². The van der Waals surface area contributed by atoms with Crippen molar-refractivity contribution in [2.24, 2.45) is 0 Å². The van der Waals surface area contributed by atoms with Crippen molar-refractivity contribution in [2.75, 3.05) is 14.2 Å². The Bertz CT molecular complexity index is 368. The number of rotatable bonds is 3. The molecule has 0 amide bonds. The molecule has 0 N–H and O–H groups in total. The molecule has 14 heavy (non-hydrogen) atoms. The number of hydrogen-bond acceptors (Lipinski definition) is 3. The van der Waals surface area contributed by atoms with Gasteiger partial charge >= 0.3 is 5.97 Å². The number of benzene rings is 1. The summed E-state index contributed by atoms with van der Waals surface area (Å²) in [5.41, 5.74) is 0.756. The Kier molecular flexibility index (Phi) is 3.19. The van der Waals surface area contributed by atoms with E-state index in [0.29, 0.717) is 0 Å². The molecule has 0 saturated carbocycles. The van der Waals surface area contributed by atoms with Crippen LogP contribution in [0.15, 0.2) is 30.3 Å². The van der Waals surface area contributed by atoms with Gasteiger partial charge in [0.1, 0.15) is 5.75 Å². The summed E-state index contributed by atoms with van der Waals surface area (Å²) in [6.07, 6.45) is 1.44. The van der Waals surface area contributed by atoms with Crippen molar-refractivity contribution in [3.05, 3.63) is 35.9 Å². The Hall–Kier alpha value is -1.77. The fraction of sp³-hybridized carbons (Fsp3) is 0.182. The zero-order chi connectivity index (χ0) is 11.3. The van der Waals surface area contributed by atoms with Gasteiger partial charge in [-0.25, -0.2) is 4.79 Å². The lowest BCUT2D eigenvalue weighted by molar-refractivity contribution is -0.134. The third-order valence-corrected chi connectivity index (χ3v) is 1.66. The minimum Gasteiger partial charge on any atom is -0.497 e. The topological polar surface area (TPSA) is 35.5 Å². The van der Waals surface area contributed by atoms with Crippen LogP contribution in [-0.4, -0.2) is 20.2 Å². The lowest BCUT2D eigenvalue weighted by atomic mass is 10.2. The molecule has 0 radical (unpaired) electrons. The molecule has 0 bridgehead atoms. The van der Waals surface area contributed by atoms with Crippen LogP contribution in [0.3, 0.4) is 0 Å². The summed E-state index contributed by atoms with van der Waals surface area (Å²) in [6.45, 7) is 0. The van der Waals surface area contributed by atoms with Crippen molar-refractivity contribution in [1.82, 2.24) is 0 Å². The van der Waals surface area contributed by atoms with Crippen molar-refractivity contribution in [2.45, 2.75) is 0 Å². The zero-order valence-corrected chi connectivity index (χ0v) is 8.11.